The van der Waals surface area contributed by atoms with E-state index in [-0.39, 0.29) is 22.2 Å². The van der Waals surface area contributed by atoms with Crippen molar-refractivity contribution in [1.82, 2.24) is 10.2 Å². The molecule has 1 aliphatic heterocycles. The molecule has 1 heterocycles. The van der Waals surface area contributed by atoms with Crippen molar-refractivity contribution in [2.24, 2.45) is 11.8 Å². The first-order valence-electron chi connectivity index (χ1n) is 8.31. The van der Waals surface area contributed by atoms with Crippen molar-refractivity contribution in [1.29, 1.82) is 0 Å². The minimum absolute atomic E-state index is 0.138. The number of carbonyl (C=O) groups is 1. The van der Waals surface area contributed by atoms with Crippen molar-refractivity contribution in [3.63, 3.8) is 0 Å². The van der Waals surface area contributed by atoms with Gasteiger partial charge in [-0.15, -0.1) is 0 Å². The van der Waals surface area contributed by atoms with Gasteiger partial charge in [-0.2, -0.15) is 0 Å². The van der Waals surface area contributed by atoms with Crippen LogP contribution in [0.2, 0.25) is 5.02 Å². The van der Waals surface area contributed by atoms with Gasteiger partial charge >= 0.3 is 0 Å². The molecule has 0 aliphatic carbocycles. The smallest absolute Gasteiger partial charge is 0.270 e. The minimum Gasteiger partial charge on any atom is -0.352 e. The van der Waals surface area contributed by atoms with Gasteiger partial charge in [-0.3, -0.25) is 14.9 Å². The predicted molar refractivity (Wildman–Crippen MR) is 94.4 cm³/mol. The molecule has 1 aromatic rings. The van der Waals surface area contributed by atoms with Crippen LogP contribution in [0.1, 0.15) is 37.0 Å². The van der Waals surface area contributed by atoms with Crippen LogP contribution in [0.3, 0.4) is 0 Å². The van der Waals surface area contributed by atoms with Crippen LogP contribution in [0.5, 0.6) is 0 Å². The molecule has 1 fully saturated rings. The Balaban J connectivity index is 1.81. The zero-order valence-electron chi connectivity index (χ0n) is 14.1. The van der Waals surface area contributed by atoms with Crippen LogP contribution in [0.25, 0.3) is 0 Å². The number of hydrogen-bond donors (Lipinski definition) is 1. The van der Waals surface area contributed by atoms with E-state index in [1.54, 1.807) is 0 Å². The molecule has 1 N–H and O–H groups in total. The van der Waals surface area contributed by atoms with Crippen LogP contribution >= 0.6 is 11.6 Å². The lowest BCUT2D eigenvalue weighted by atomic mass is 9.92. The van der Waals surface area contributed by atoms with Gasteiger partial charge in [0.05, 0.1) is 15.5 Å². The van der Waals surface area contributed by atoms with E-state index in [0.29, 0.717) is 18.4 Å². The van der Waals surface area contributed by atoms with E-state index < -0.39 is 4.92 Å². The van der Waals surface area contributed by atoms with Gasteiger partial charge in [0.15, 0.2) is 0 Å². The molecule has 0 saturated carbocycles. The Bertz CT molecular complexity index is 599. The second-order valence-corrected chi connectivity index (χ2v) is 7.14. The molecular weight excluding hydrogens is 330 g/mol. The average molecular weight is 354 g/mol. The monoisotopic (exact) mass is 353 g/mol. The number of carbonyl (C=O) groups excluding carboxylic acids is 1. The summed E-state index contributed by atoms with van der Waals surface area (Å²) in [5.74, 6) is 1.06. The number of rotatable bonds is 6. The van der Waals surface area contributed by atoms with Crippen molar-refractivity contribution in [3.8, 4) is 0 Å². The molecule has 0 radical (unpaired) electrons. The largest absolute Gasteiger partial charge is 0.352 e. The Morgan fingerprint density at radius 3 is 2.67 bits per heavy atom. The summed E-state index contributed by atoms with van der Waals surface area (Å²) in [7, 11) is 0. The highest BCUT2D eigenvalue weighted by Gasteiger charge is 2.21. The first kappa shape index (κ1) is 18.7. The van der Waals surface area contributed by atoms with Gasteiger partial charge in [-0.25, -0.2) is 0 Å². The van der Waals surface area contributed by atoms with Crippen molar-refractivity contribution in [2.45, 2.75) is 26.7 Å². The number of nitrogens with one attached hydrogen (secondary N) is 1. The van der Waals surface area contributed by atoms with Crippen LogP contribution in [-0.4, -0.2) is 41.9 Å². The van der Waals surface area contributed by atoms with E-state index in [1.807, 2.05) is 0 Å². The number of nitro benzene ring substituents is 1. The molecule has 132 valence electrons. The Morgan fingerprint density at radius 2 is 2.04 bits per heavy atom. The van der Waals surface area contributed by atoms with E-state index in [9.17, 15) is 14.9 Å². The van der Waals surface area contributed by atoms with Gasteiger partial charge in [0.2, 0.25) is 0 Å². The van der Waals surface area contributed by atoms with Gasteiger partial charge in [0.25, 0.3) is 11.6 Å². The number of likely N-dealkylation sites (tertiary alicyclic amines) is 1. The summed E-state index contributed by atoms with van der Waals surface area (Å²) >= 11 is 5.97. The molecule has 1 amide bonds. The quantitative estimate of drug-likeness (QED) is 0.483. The molecule has 0 spiro atoms. The average Bonchev–Trinajstić information content (AvgIpc) is 2.50. The van der Waals surface area contributed by atoms with Crippen LogP contribution in [-0.2, 0) is 0 Å². The fourth-order valence-corrected chi connectivity index (χ4v) is 3.58. The lowest BCUT2D eigenvalue weighted by Crippen LogP contribution is -2.40. The van der Waals surface area contributed by atoms with Crippen LogP contribution in [0, 0.1) is 22.0 Å². The standard InChI is InChI=1S/C17H24ClN3O3/c1-12-8-13(2)11-20(10-12)7-3-6-19-17(22)15-9-14(21(23)24)4-5-16(15)18/h4-5,9,12-13H,3,6-8,10-11H2,1-2H3,(H,19,22). The molecule has 2 atom stereocenters. The van der Waals surface area contributed by atoms with Crippen LogP contribution in [0.15, 0.2) is 18.2 Å². The fourth-order valence-electron chi connectivity index (χ4n) is 3.38. The number of benzene rings is 1. The summed E-state index contributed by atoms with van der Waals surface area (Å²) in [6, 6.07) is 3.88. The SMILES string of the molecule is CC1CC(C)CN(CCCNC(=O)c2cc([N+](=O)[O-])ccc2Cl)C1. The summed E-state index contributed by atoms with van der Waals surface area (Å²) in [5, 5.41) is 13.8. The van der Waals surface area contributed by atoms with Gasteiger partial charge in [0.1, 0.15) is 0 Å². The molecule has 1 saturated heterocycles. The number of amides is 1. The zero-order chi connectivity index (χ0) is 17.7. The normalized spacial score (nSPS) is 21.5. The maximum atomic E-state index is 12.2. The van der Waals surface area contributed by atoms with Crippen molar-refractivity contribution in [2.75, 3.05) is 26.2 Å². The minimum atomic E-state index is -0.536. The molecular formula is C17H24ClN3O3. The molecule has 24 heavy (non-hydrogen) atoms. The summed E-state index contributed by atoms with van der Waals surface area (Å²) < 4.78 is 0. The number of non-ortho nitro benzene ring substituents is 1. The third kappa shape index (κ3) is 5.18. The van der Waals surface area contributed by atoms with Gasteiger partial charge < -0.3 is 10.2 Å². The molecule has 1 aliphatic rings. The summed E-state index contributed by atoms with van der Waals surface area (Å²) in [5.41, 5.74) is 0.00641. The Labute approximate surface area is 147 Å². The van der Waals surface area contributed by atoms with Crippen LogP contribution < -0.4 is 5.32 Å². The van der Waals surface area contributed by atoms with Crippen molar-refractivity contribution >= 4 is 23.2 Å². The molecule has 0 aromatic heterocycles. The number of piperidine rings is 1. The highest BCUT2D eigenvalue weighted by molar-refractivity contribution is 6.33. The first-order chi connectivity index (χ1) is 11.4. The lowest BCUT2D eigenvalue weighted by Gasteiger charge is -2.34. The second kappa shape index (κ2) is 8.44. The molecule has 7 heteroatoms. The van der Waals surface area contributed by atoms with Gasteiger partial charge in [-0.1, -0.05) is 25.4 Å². The highest BCUT2D eigenvalue weighted by Crippen LogP contribution is 2.22. The number of halogens is 1. The number of nitro groups is 1. The number of nitrogens with zero attached hydrogens (tertiary/aromatic N) is 2. The Kier molecular flexibility index (Phi) is 6.57. The Morgan fingerprint density at radius 1 is 1.38 bits per heavy atom. The van der Waals surface area contributed by atoms with Crippen molar-refractivity contribution in [3.05, 3.63) is 38.9 Å². The second-order valence-electron chi connectivity index (χ2n) is 6.74. The maximum Gasteiger partial charge on any atom is 0.270 e. The topological polar surface area (TPSA) is 75.5 Å². The molecule has 2 rings (SSSR count). The molecule has 0 bridgehead atoms. The molecule has 6 nitrogen and oxygen atoms in total. The third-order valence-electron chi connectivity index (χ3n) is 4.29. The first-order valence-corrected chi connectivity index (χ1v) is 8.69. The summed E-state index contributed by atoms with van der Waals surface area (Å²) in [6.07, 6.45) is 2.12. The van der Waals surface area contributed by atoms with E-state index in [2.05, 4.69) is 24.1 Å². The highest BCUT2D eigenvalue weighted by atomic mass is 35.5. The van der Waals surface area contributed by atoms with Gasteiger partial charge in [0, 0.05) is 31.8 Å². The lowest BCUT2D eigenvalue weighted by molar-refractivity contribution is -0.384. The molecule has 1 aromatic carbocycles. The van der Waals surface area contributed by atoms with E-state index in [0.717, 1.165) is 26.1 Å². The van der Waals surface area contributed by atoms with Crippen molar-refractivity contribution < 1.29 is 9.72 Å². The zero-order valence-corrected chi connectivity index (χ0v) is 14.9. The van der Waals surface area contributed by atoms with E-state index in [4.69, 9.17) is 11.6 Å². The maximum absolute atomic E-state index is 12.2. The predicted octanol–water partition coefficient (Wildman–Crippen LogP) is 3.35. The summed E-state index contributed by atoms with van der Waals surface area (Å²) in [6.45, 7) is 8.22. The van der Waals surface area contributed by atoms with Crippen LogP contribution in [0.4, 0.5) is 5.69 Å². The van der Waals surface area contributed by atoms with E-state index >= 15 is 0 Å². The van der Waals surface area contributed by atoms with E-state index in [1.165, 1.54) is 24.6 Å². The Hall–Kier alpha value is -1.66. The number of hydrogen-bond acceptors (Lipinski definition) is 4. The third-order valence-corrected chi connectivity index (χ3v) is 4.62. The summed E-state index contributed by atoms with van der Waals surface area (Å²) in [4.78, 5) is 24.9. The fraction of sp³-hybridized carbons (Fsp3) is 0.588. The molecule has 2 unspecified atom stereocenters. The van der Waals surface area contributed by atoms with Gasteiger partial charge in [-0.05, 0) is 37.3 Å².